The van der Waals surface area contributed by atoms with E-state index in [-0.39, 0.29) is 5.92 Å². The number of thiophene rings is 1. The van der Waals surface area contributed by atoms with Crippen molar-refractivity contribution in [3.63, 3.8) is 0 Å². The molecule has 2 heterocycles. The van der Waals surface area contributed by atoms with Crippen LogP contribution in [0.5, 0.6) is 0 Å². The van der Waals surface area contributed by atoms with E-state index in [1.165, 1.54) is 22.6 Å². The molecule has 2 atom stereocenters. The number of hydrogen-bond donors (Lipinski definition) is 1. The summed E-state index contributed by atoms with van der Waals surface area (Å²) in [5.41, 5.74) is 0. The molecule has 4 heteroatoms. The van der Waals surface area contributed by atoms with Crippen molar-refractivity contribution in [2.24, 2.45) is 11.8 Å². The lowest BCUT2D eigenvalue weighted by Crippen LogP contribution is -2.49. The van der Waals surface area contributed by atoms with Gasteiger partial charge in [0.15, 0.2) is 0 Å². The predicted octanol–water partition coefficient (Wildman–Crippen LogP) is 2.79. The fourth-order valence-corrected chi connectivity index (χ4v) is 4.25. The van der Waals surface area contributed by atoms with Crippen molar-refractivity contribution < 1.29 is 4.79 Å². The van der Waals surface area contributed by atoms with E-state index in [1.807, 2.05) is 11.9 Å². The van der Waals surface area contributed by atoms with Gasteiger partial charge in [-0.05, 0) is 57.2 Å². The Labute approximate surface area is 125 Å². The number of rotatable bonds is 4. The highest BCUT2D eigenvalue weighted by atomic mass is 32.1. The molecule has 1 saturated heterocycles. The summed E-state index contributed by atoms with van der Waals surface area (Å²) >= 11 is 1.79. The molecular formula is C16H24N2OS. The second kappa shape index (κ2) is 5.86. The van der Waals surface area contributed by atoms with Crippen LogP contribution in [0.4, 0.5) is 0 Å². The molecule has 1 N–H and O–H groups in total. The van der Waals surface area contributed by atoms with Gasteiger partial charge in [-0.15, -0.1) is 11.3 Å². The summed E-state index contributed by atoms with van der Waals surface area (Å²) in [6.45, 7) is 3.95. The average molecular weight is 292 g/mol. The molecule has 2 fully saturated rings. The van der Waals surface area contributed by atoms with Crippen LogP contribution in [0.1, 0.15) is 35.4 Å². The van der Waals surface area contributed by atoms with Crippen LogP contribution in [-0.2, 0) is 11.3 Å². The molecule has 0 bridgehead atoms. The highest BCUT2D eigenvalue weighted by Gasteiger charge is 2.41. The smallest absolute Gasteiger partial charge is 0.227 e. The summed E-state index contributed by atoms with van der Waals surface area (Å²) in [4.78, 5) is 17.3. The van der Waals surface area contributed by atoms with E-state index >= 15 is 0 Å². The van der Waals surface area contributed by atoms with E-state index in [1.54, 1.807) is 11.3 Å². The van der Waals surface area contributed by atoms with E-state index in [0.29, 0.717) is 11.9 Å². The molecular weight excluding hydrogens is 268 g/mol. The van der Waals surface area contributed by atoms with Crippen molar-refractivity contribution >= 4 is 17.2 Å². The molecule has 1 aliphatic heterocycles. The first-order valence-electron chi connectivity index (χ1n) is 7.69. The zero-order valence-corrected chi connectivity index (χ0v) is 13.2. The van der Waals surface area contributed by atoms with Gasteiger partial charge in [-0.1, -0.05) is 0 Å². The molecule has 1 aromatic rings. The Hall–Kier alpha value is -0.870. The van der Waals surface area contributed by atoms with Gasteiger partial charge in [0.05, 0.1) is 12.5 Å². The fourth-order valence-electron chi connectivity index (χ4n) is 3.30. The standard InChI is InChI=1S/C16H24N2OS/c1-11-5-8-13(20-11)10-18(2)16(19)14-4-3-9-17-15(14)12-6-7-12/h5,8,12,14-15,17H,3-4,6-7,9-10H2,1-2H3/t14-,15-/m1/s1. The van der Waals surface area contributed by atoms with Crippen LogP contribution in [-0.4, -0.2) is 30.4 Å². The average Bonchev–Trinajstić information content (AvgIpc) is 3.22. The third kappa shape index (κ3) is 3.07. The summed E-state index contributed by atoms with van der Waals surface area (Å²) in [5.74, 6) is 1.28. The highest BCUT2D eigenvalue weighted by molar-refractivity contribution is 7.11. The Morgan fingerprint density at radius 3 is 2.85 bits per heavy atom. The summed E-state index contributed by atoms with van der Waals surface area (Å²) in [6, 6.07) is 4.71. The first kappa shape index (κ1) is 14.1. The molecule has 0 spiro atoms. The Morgan fingerprint density at radius 1 is 1.40 bits per heavy atom. The number of nitrogens with zero attached hydrogens (tertiary/aromatic N) is 1. The maximum atomic E-state index is 12.7. The SMILES string of the molecule is Cc1ccc(CN(C)C(=O)[C@@H]2CCCN[C@@H]2C2CC2)s1. The van der Waals surface area contributed by atoms with E-state index in [2.05, 4.69) is 24.4 Å². The molecule has 1 saturated carbocycles. The second-order valence-electron chi connectivity index (χ2n) is 6.27. The third-order valence-electron chi connectivity index (χ3n) is 4.52. The van der Waals surface area contributed by atoms with Crippen LogP contribution in [0.2, 0.25) is 0 Å². The van der Waals surface area contributed by atoms with E-state index in [9.17, 15) is 4.79 Å². The molecule has 0 aromatic carbocycles. The van der Waals surface area contributed by atoms with Crippen LogP contribution in [0.3, 0.4) is 0 Å². The van der Waals surface area contributed by atoms with Gasteiger partial charge in [0.2, 0.25) is 5.91 Å². The van der Waals surface area contributed by atoms with Crippen molar-refractivity contribution in [1.29, 1.82) is 0 Å². The Kier molecular flexibility index (Phi) is 4.13. The number of amides is 1. The zero-order valence-electron chi connectivity index (χ0n) is 12.4. The first-order chi connectivity index (χ1) is 9.65. The topological polar surface area (TPSA) is 32.3 Å². The molecule has 3 nitrogen and oxygen atoms in total. The number of hydrogen-bond acceptors (Lipinski definition) is 3. The molecule has 1 aromatic heterocycles. The largest absolute Gasteiger partial charge is 0.340 e. The number of piperidine rings is 1. The Bertz CT molecular complexity index is 481. The fraction of sp³-hybridized carbons (Fsp3) is 0.688. The minimum absolute atomic E-state index is 0.197. The van der Waals surface area contributed by atoms with E-state index in [4.69, 9.17) is 0 Å². The van der Waals surface area contributed by atoms with Crippen LogP contribution < -0.4 is 5.32 Å². The Morgan fingerprint density at radius 2 is 2.20 bits per heavy atom. The van der Waals surface area contributed by atoms with Crippen LogP contribution in [0, 0.1) is 18.8 Å². The van der Waals surface area contributed by atoms with E-state index < -0.39 is 0 Å². The molecule has 2 aliphatic rings. The van der Waals surface area contributed by atoms with Crippen LogP contribution in [0.25, 0.3) is 0 Å². The molecule has 0 radical (unpaired) electrons. The first-order valence-corrected chi connectivity index (χ1v) is 8.50. The lowest BCUT2D eigenvalue weighted by molar-refractivity contribution is -0.136. The maximum absolute atomic E-state index is 12.7. The minimum Gasteiger partial charge on any atom is -0.340 e. The van der Waals surface area contributed by atoms with E-state index in [0.717, 1.165) is 31.8 Å². The number of aryl methyl sites for hydroxylation is 1. The molecule has 1 aliphatic carbocycles. The van der Waals surface area contributed by atoms with Gasteiger partial charge in [-0.3, -0.25) is 4.79 Å². The summed E-state index contributed by atoms with van der Waals surface area (Å²) < 4.78 is 0. The second-order valence-corrected chi connectivity index (χ2v) is 7.65. The molecule has 110 valence electrons. The van der Waals surface area contributed by atoms with Gasteiger partial charge in [-0.2, -0.15) is 0 Å². The minimum atomic E-state index is 0.197. The lowest BCUT2D eigenvalue weighted by atomic mass is 9.86. The Balaban J connectivity index is 1.63. The van der Waals surface area contributed by atoms with Crippen molar-refractivity contribution in [3.05, 3.63) is 21.9 Å². The van der Waals surface area contributed by atoms with Gasteiger partial charge in [0, 0.05) is 22.8 Å². The third-order valence-corrected chi connectivity index (χ3v) is 5.50. The number of nitrogens with one attached hydrogen (secondary N) is 1. The van der Waals surface area contributed by atoms with Crippen molar-refractivity contribution in [2.45, 2.75) is 45.2 Å². The summed E-state index contributed by atoms with van der Waals surface area (Å²) in [7, 11) is 1.95. The van der Waals surface area contributed by atoms with Crippen LogP contribution >= 0.6 is 11.3 Å². The van der Waals surface area contributed by atoms with Crippen molar-refractivity contribution in [1.82, 2.24) is 10.2 Å². The molecule has 0 unspecified atom stereocenters. The van der Waals surface area contributed by atoms with Crippen molar-refractivity contribution in [3.8, 4) is 0 Å². The predicted molar refractivity (Wildman–Crippen MR) is 82.8 cm³/mol. The summed E-state index contributed by atoms with van der Waals surface area (Å²) in [6.07, 6.45) is 4.79. The quantitative estimate of drug-likeness (QED) is 0.925. The monoisotopic (exact) mass is 292 g/mol. The highest BCUT2D eigenvalue weighted by Crippen LogP contribution is 2.39. The molecule has 20 heavy (non-hydrogen) atoms. The van der Waals surface area contributed by atoms with Gasteiger partial charge in [-0.25, -0.2) is 0 Å². The van der Waals surface area contributed by atoms with Crippen LogP contribution in [0.15, 0.2) is 12.1 Å². The molecule has 1 amide bonds. The van der Waals surface area contributed by atoms with Gasteiger partial charge in [0.1, 0.15) is 0 Å². The summed E-state index contributed by atoms with van der Waals surface area (Å²) in [5, 5.41) is 3.59. The number of carbonyl (C=O) groups excluding carboxylic acids is 1. The zero-order chi connectivity index (χ0) is 14.1. The van der Waals surface area contributed by atoms with Gasteiger partial charge in [0.25, 0.3) is 0 Å². The van der Waals surface area contributed by atoms with Gasteiger partial charge >= 0.3 is 0 Å². The van der Waals surface area contributed by atoms with Gasteiger partial charge < -0.3 is 10.2 Å². The number of carbonyl (C=O) groups is 1. The van der Waals surface area contributed by atoms with Crippen molar-refractivity contribution in [2.75, 3.05) is 13.6 Å². The maximum Gasteiger partial charge on any atom is 0.227 e. The molecule has 3 rings (SSSR count). The lowest BCUT2D eigenvalue weighted by Gasteiger charge is -2.34. The normalized spacial score (nSPS) is 26.5.